The number of nitrogens with zero attached hydrogens (tertiary/aromatic N) is 2. The van der Waals surface area contributed by atoms with Crippen molar-refractivity contribution < 1.29 is 32.8 Å². The summed E-state index contributed by atoms with van der Waals surface area (Å²) in [6, 6.07) is 2.20. The van der Waals surface area contributed by atoms with Crippen molar-refractivity contribution in [2.45, 2.75) is 46.4 Å². The zero-order valence-electron chi connectivity index (χ0n) is 18.8. The number of carboxylic acid groups (broad SMARTS) is 2. The van der Waals surface area contributed by atoms with Gasteiger partial charge in [-0.1, -0.05) is 41.5 Å². The average Bonchev–Trinajstić information content (AvgIpc) is 2.70. The van der Waals surface area contributed by atoms with Crippen molar-refractivity contribution in [3.63, 3.8) is 0 Å². The average molecular weight is 449 g/mol. The Balaban J connectivity index is 0. The first-order valence-corrected chi connectivity index (χ1v) is 11.4. The van der Waals surface area contributed by atoms with Gasteiger partial charge in [-0.05, 0) is 57.5 Å². The van der Waals surface area contributed by atoms with E-state index in [1.165, 1.54) is 39.3 Å². The molecule has 0 radical (unpaired) electrons. The molecule has 0 amide bonds. The van der Waals surface area contributed by atoms with Gasteiger partial charge in [0.1, 0.15) is 0 Å². The van der Waals surface area contributed by atoms with Crippen molar-refractivity contribution in [1.29, 1.82) is 0 Å². The minimum Gasteiger partial charge on any atom is -0.478 e. The number of aromatic carboxylic acids is 2. The highest BCUT2D eigenvalue weighted by Gasteiger charge is 2.20. The molecule has 3 N–H and O–H groups in total. The fourth-order valence-electron chi connectivity index (χ4n) is 2.39. The van der Waals surface area contributed by atoms with Gasteiger partial charge in [0.25, 0.3) is 10.1 Å². The molecule has 0 saturated heterocycles. The summed E-state index contributed by atoms with van der Waals surface area (Å²) in [4.78, 5) is 25.4. The van der Waals surface area contributed by atoms with Gasteiger partial charge in [0.05, 0.1) is 16.0 Å². The first kappa shape index (κ1) is 30.2. The van der Waals surface area contributed by atoms with Crippen LogP contribution in [0.15, 0.2) is 23.1 Å². The number of hydrogen-bond acceptors (Lipinski definition) is 6. The molecule has 10 heteroatoms. The van der Waals surface area contributed by atoms with Crippen LogP contribution in [-0.2, 0) is 10.1 Å². The lowest BCUT2D eigenvalue weighted by Crippen LogP contribution is -2.21. The van der Waals surface area contributed by atoms with Gasteiger partial charge in [0, 0.05) is 0 Å². The van der Waals surface area contributed by atoms with E-state index in [4.69, 9.17) is 14.8 Å². The van der Waals surface area contributed by atoms with E-state index in [0.717, 1.165) is 12.1 Å². The quantitative estimate of drug-likeness (QED) is 0.487. The molecule has 30 heavy (non-hydrogen) atoms. The van der Waals surface area contributed by atoms with Crippen molar-refractivity contribution in [2.24, 2.45) is 0 Å². The minimum atomic E-state index is -4.56. The maximum Gasteiger partial charge on any atom is 0.336 e. The van der Waals surface area contributed by atoms with Gasteiger partial charge < -0.3 is 20.0 Å². The molecular weight excluding hydrogens is 412 g/mol. The van der Waals surface area contributed by atoms with Crippen LogP contribution in [0.2, 0.25) is 0 Å². The molecule has 1 aromatic rings. The third-order valence-corrected chi connectivity index (χ3v) is 5.28. The van der Waals surface area contributed by atoms with Crippen LogP contribution >= 0.6 is 0 Å². The van der Waals surface area contributed by atoms with Crippen molar-refractivity contribution in [2.75, 3.05) is 39.3 Å². The largest absolute Gasteiger partial charge is 0.478 e. The third kappa shape index (κ3) is 11.9. The molecule has 0 aliphatic rings. The number of rotatable bonds is 9. The van der Waals surface area contributed by atoms with E-state index in [-0.39, 0.29) is 0 Å². The highest BCUT2D eigenvalue weighted by Crippen LogP contribution is 2.16. The molecule has 174 valence electrons. The van der Waals surface area contributed by atoms with E-state index < -0.39 is 38.1 Å². The fourth-order valence-corrected chi connectivity index (χ4v) is 2.90. The Morgan fingerprint density at radius 2 is 1.07 bits per heavy atom. The van der Waals surface area contributed by atoms with E-state index in [1.54, 1.807) is 0 Å². The summed E-state index contributed by atoms with van der Waals surface area (Å²) in [5.41, 5.74) is -1.26. The van der Waals surface area contributed by atoms with Crippen LogP contribution in [-0.4, -0.2) is 84.2 Å². The summed E-state index contributed by atoms with van der Waals surface area (Å²) in [7, 11) is -4.56. The van der Waals surface area contributed by atoms with Gasteiger partial charge in [-0.3, -0.25) is 4.55 Å². The summed E-state index contributed by atoms with van der Waals surface area (Å²) >= 11 is 0. The first-order valence-electron chi connectivity index (χ1n) is 9.95. The molecule has 9 nitrogen and oxygen atoms in total. The molecule has 0 aliphatic carbocycles. The van der Waals surface area contributed by atoms with E-state index in [2.05, 4.69) is 51.3 Å². The monoisotopic (exact) mass is 448 g/mol. The maximum absolute atomic E-state index is 10.7. The first-order chi connectivity index (χ1) is 13.9. The predicted molar refractivity (Wildman–Crippen MR) is 117 cm³/mol. The van der Waals surface area contributed by atoms with E-state index in [0.29, 0.717) is 6.07 Å². The topological polar surface area (TPSA) is 135 Å². The highest BCUT2D eigenvalue weighted by molar-refractivity contribution is 7.85. The van der Waals surface area contributed by atoms with Crippen molar-refractivity contribution in [3.8, 4) is 0 Å². The predicted octanol–water partition coefficient (Wildman–Crippen LogP) is 3.03. The van der Waals surface area contributed by atoms with Crippen molar-refractivity contribution in [1.82, 2.24) is 9.80 Å². The lowest BCUT2D eigenvalue weighted by atomic mass is 10.1. The lowest BCUT2D eigenvalue weighted by Gasteiger charge is -2.13. The number of hydrogen-bond donors (Lipinski definition) is 3. The van der Waals surface area contributed by atoms with Crippen molar-refractivity contribution >= 4 is 22.1 Å². The van der Waals surface area contributed by atoms with Crippen LogP contribution in [0.1, 0.15) is 62.3 Å². The SMILES string of the molecule is CCN(CC)CC.CCN(CC)CC.O=C(O)c1ccc(S(=O)(=O)O)cc1C(=O)O. The molecule has 0 heterocycles. The lowest BCUT2D eigenvalue weighted by molar-refractivity contribution is 0.0651. The Bertz CT molecular complexity index is 721. The summed E-state index contributed by atoms with van der Waals surface area (Å²) in [6.07, 6.45) is 0. The Morgan fingerprint density at radius 3 is 1.27 bits per heavy atom. The third-order valence-electron chi connectivity index (χ3n) is 4.43. The second-order valence-corrected chi connectivity index (χ2v) is 7.45. The Kier molecular flexibility index (Phi) is 15.9. The van der Waals surface area contributed by atoms with Crippen LogP contribution in [0.4, 0.5) is 0 Å². The molecule has 0 aliphatic heterocycles. The van der Waals surface area contributed by atoms with Crippen LogP contribution in [0.3, 0.4) is 0 Å². The Morgan fingerprint density at radius 1 is 0.733 bits per heavy atom. The standard InChI is InChI=1S/C8H6O7S.2C6H15N/c9-7(10)5-2-1-4(16(13,14)15)3-6(5)8(11)12;2*1-4-7(5-2)6-3/h1-3H,(H,9,10)(H,11,12)(H,13,14,15);2*4-6H2,1-3H3. The van der Waals surface area contributed by atoms with E-state index >= 15 is 0 Å². The summed E-state index contributed by atoms with van der Waals surface area (Å²) < 4.78 is 30.1. The number of carbonyl (C=O) groups is 2. The molecule has 0 fully saturated rings. The summed E-state index contributed by atoms with van der Waals surface area (Å²) in [5, 5.41) is 17.3. The van der Waals surface area contributed by atoms with Gasteiger partial charge in [-0.15, -0.1) is 0 Å². The number of benzene rings is 1. The molecule has 0 bridgehead atoms. The molecule has 1 rings (SSSR count). The zero-order valence-corrected chi connectivity index (χ0v) is 19.6. The van der Waals surface area contributed by atoms with Crippen LogP contribution in [0.5, 0.6) is 0 Å². The van der Waals surface area contributed by atoms with Crippen LogP contribution < -0.4 is 0 Å². The van der Waals surface area contributed by atoms with E-state index in [1.807, 2.05) is 0 Å². The normalized spacial score (nSPS) is 10.7. The van der Waals surface area contributed by atoms with Crippen molar-refractivity contribution in [3.05, 3.63) is 29.3 Å². The fraction of sp³-hybridized carbons (Fsp3) is 0.600. The van der Waals surface area contributed by atoms with E-state index in [9.17, 15) is 18.0 Å². The van der Waals surface area contributed by atoms with Gasteiger partial charge >= 0.3 is 11.9 Å². The van der Waals surface area contributed by atoms with Gasteiger partial charge in [-0.2, -0.15) is 8.42 Å². The molecule has 0 atom stereocenters. The minimum absolute atomic E-state index is 0.556. The Hall–Kier alpha value is -2.01. The van der Waals surface area contributed by atoms with Crippen LogP contribution in [0, 0.1) is 0 Å². The Labute approximate surface area is 180 Å². The summed E-state index contributed by atoms with van der Waals surface area (Å²) in [6.45, 7) is 20.2. The molecule has 0 aromatic heterocycles. The smallest absolute Gasteiger partial charge is 0.336 e. The molecule has 1 aromatic carbocycles. The van der Waals surface area contributed by atoms with Gasteiger partial charge in [-0.25, -0.2) is 9.59 Å². The summed E-state index contributed by atoms with van der Waals surface area (Å²) in [5.74, 6) is -3.10. The molecule has 0 spiro atoms. The number of carboxylic acids is 2. The second kappa shape index (κ2) is 15.8. The molecule has 0 unspecified atom stereocenters. The van der Waals surface area contributed by atoms with Gasteiger partial charge in [0.15, 0.2) is 0 Å². The highest BCUT2D eigenvalue weighted by atomic mass is 32.2. The van der Waals surface area contributed by atoms with Gasteiger partial charge in [0.2, 0.25) is 0 Å². The second-order valence-electron chi connectivity index (χ2n) is 6.03. The zero-order chi connectivity index (χ0) is 23.9. The maximum atomic E-state index is 10.7. The molecule has 0 saturated carbocycles. The molecular formula is C20H36N2O7S. The van der Waals surface area contributed by atoms with Crippen LogP contribution in [0.25, 0.3) is 0 Å².